The summed E-state index contributed by atoms with van der Waals surface area (Å²) in [6.07, 6.45) is 1.48. The van der Waals surface area contributed by atoms with Crippen molar-refractivity contribution < 1.29 is 33.9 Å². The Hall–Kier alpha value is -4.73. The van der Waals surface area contributed by atoms with Crippen molar-refractivity contribution >= 4 is 28.8 Å². The van der Waals surface area contributed by atoms with E-state index in [1.54, 1.807) is 18.2 Å². The number of benzene rings is 3. The lowest BCUT2D eigenvalue weighted by molar-refractivity contribution is -0.385. The van der Waals surface area contributed by atoms with E-state index >= 15 is 0 Å². The molecule has 0 spiro atoms. The van der Waals surface area contributed by atoms with E-state index in [0.29, 0.717) is 18.8 Å². The van der Waals surface area contributed by atoms with Crippen LogP contribution in [0.5, 0.6) is 11.5 Å². The molecule has 1 fully saturated rings. The second-order valence-electron chi connectivity index (χ2n) is 8.43. The van der Waals surface area contributed by atoms with E-state index in [2.05, 4.69) is 0 Å². The zero-order chi connectivity index (χ0) is 25.6. The molecule has 5 rings (SSSR count). The van der Waals surface area contributed by atoms with Gasteiger partial charge in [0.1, 0.15) is 17.3 Å². The Morgan fingerprint density at radius 3 is 2.56 bits per heavy atom. The maximum absolute atomic E-state index is 13.6. The fourth-order valence-electron chi connectivity index (χ4n) is 4.54. The molecule has 10 heteroatoms. The number of nitro groups is 1. The van der Waals surface area contributed by atoms with Gasteiger partial charge in [0.25, 0.3) is 11.7 Å². The third-order valence-electron chi connectivity index (χ3n) is 6.24. The molecule has 0 aliphatic carbocycles. The van der Waals surface area contributed by atoms with Crippen molar-refractivity contribution in [3.8, 4) is 11.5 Å². The third kappa shape index (κ3) is 3.82. The first kappa shape index (κ1) is 23.0. The topological polar surface area (TPSA) is 130 Å². The molecule has 1 unspecified atom stereocenters. The number of amides is 1. The number of aromatic hydroxyl groups is 1. The summed E-state index contributed by atoms with van der Waals surface area (Å²) in [5, 5.41) is 32.7. The molecule has 1 saturated heterocycles. The van der Waals surface area contributed by atoms with Crippen LogP contribution in [0.1, 0.15) is 29.2 Å². The van der Waals surface area contributed by atoms with Crippen molar-refractivity contribution in [2.45, 2.75) is 18.9 Å². The number of anilines is 1. The highest BCUT2D eigenvalue weighted by atomic mass is 19.1. The average molecular weight is 490 g/mol. The number of ether oxygens (including phenoxy) is 1. The molecule has 2 aliphatic rings. The molecule has 9 nitrogen and oxygen atoms in total. The van der Waals surface area contributed by atoms with Gasteiger partial charge in [-0.3, -0.25) is 24.6 Å². The van der Waals surface area contributed by atoms with E-state index in [1.165, 1.54) is 18.2 Å². The second-order valence-corrected chi connectivity index (χ2v) is 8.43. The molecule has 2 N–H and O–H groups in total. The number of Topliss-reactive ketones (excluding diaryl/α,β-unsaturated/α-hetero) is 1. The lowest BCUT2D eigenvalue weighted by Gasteiger charge is -2.25. The first-order chi connectivity index (χ1) is 17.3. The number of rotatable bonds is 4. The van der Waals surface area contributed by atoms with Crippen LogP contribution in [0, 0.1) is 15.9 Å². The average Bonchev–Trinajstić information content (AvgIpc) is 3.14. The Labute approximate surface area is 203 Å². The smallest absolute Gasteiger partial charge is 0.311 e. The minimum atomic E-state index is -1.28. The predicted octanol–water partition coefficient (Wildman–Crippen LogP) is 4.39. The number of halogens is 1. The van der Waals surface area contributed by atoms with Crippen LogP contribution in [0.2, 0.25) is 0 Å². The largest absolute Gasteiger partial charge is 0.507 e. The number of aliphatic hydroxyl groups excluding tert-OH is 1. The molecule has 2 aliphatic heterocycles. The molecule has 0 radical (unpaired) electrons. The van der Waals surface area contributed by atoms with E-state index in [0.717, 1.165) is 41.1 Å². The molecule has 36 heavy (non-hydrogen) atoms. The van der Waals surface area contributed by atoms with Crippen molar-refractivity contribution in [3.63, 3.8) is 0 Å². The number of ketones is 1. The summed E-state index contributed by atoms with van der Waals surface area (Å²) in [7, 11) is 0. The van der Waals surface area contributed by atoms with Crippen LogP contribution >= 0.6 is 0 Å². The van der Waals surface area contributed by atoms with Gasteiger partial charge in [0.2, 0.25) is 0 Å². The standard InChI is InChI=1S/C26H19FN2O7/c27-17-5-7-18(8-6-17)28-23(15-3-9-20(30)19(13-15)29(34)35)22(25(32)26(28)33)24(31)16-4-10-21-14(12-16)2-1-11-36-21/h3-10,12-13,23,30-31H,1-2,11H2/b24-22+. The van der Waals surface area contributed by atoms with Crippen LogP contribution in [0.15, 0.2) is 66.2 Å². The maximum Gasteiger partial charge on any atom is 0.311 e. The third-order valence-corrected chi connectivity index (χ3v) is 6.24. The lowest BCUT2D eigenvalue weighted by atomic mass is 9.93. The van der Waals surface area contributed by atoms with Gasteiger partial charge in [0, 0.05) is 17.3 Å². The number of hydrogen-bond acceptors (Lipinski definition) is 7. The molecule has 2 heterocycles. The maximum atomic E-state index is 13.6. The van der Waals surface area contributed by atoms with Gasteiger partial charge < -0.3 is 14.9 Å². The summed E-state index contributed by atoms with van der Waals surface area (Å²) in [5.41, 5.74) is 0.427. The quantitative estimate of drug-likeness (QED) is 0.182. The van der Waals surface area contributed by atoms with Gasteiger partial charge in [-0.1, -0.05) is 6.07 Å². The van der Waals surface area contributed by atoms with E-state index in [1.807, 2.05) is 0 Å². The Morgan fingerprint density at radius 1 is 1.08 bits per heavy atom. The molecular weight excluding hydrogens is 471 g/mol. The summed E-state index contributed by atoms with van der Waals surface area (Å²) in [6.45, 7) is 0.570. The molecule has 0 bridgehead atoms. The Balaban J connectivity index is 1.72. The van der Waals surface area contributed by atoms with E-state index in [4.69, 9.17) is 4.74 Å². The number of phenolic OH excluding ortho intramolecular Hbond substituents is 1. The van der Waals surface area contributed by atoms with Gasteiger partial charge in [-0.15, -0.1) is 0 Å². The molecule has 1 amide bonds. The lowest BCUT2D eigenvalue weighted by Crippen LogP contribution is -2.29. The Kier molecular flexibility index (Phi) is 5.63. The monoisotopic (exact) mass is 490 g/mol. The normalized spacial score (nSPS) is 18.6. The Bertz CT molecular complexity index is 1450. The highest BCUT2D eigenvalue weighted by molar-refractivity contribution is 6.51. The molecular formula is C26H19FN2O7. The highest BCUT2D eigenvalue weighted by Gasteiger charge is 2.47. The SMILES string of the molecule is O=C1C(=O)N(c2ccc(F)cc2)C(c2ccc(O)c([N+](=O)[O-])c2)/C1=C(\O)c1ccc2c(c1)CCCO2. The Morgan fingerprint density at radius 2 is 1.83 bits per heavy atom. The molecule has 3 aromatic rings. The second kappa shape index (κ2) is 8.81. The number of phenols is 1. The van der Waals surface area contributed by atoms with Gasteiger partial charge >= 0.3 is 5.69 Å². The van der Waals surface area contributed by atoms with Crippen molar-refractivity contribution in [1.29, 1.82) is 0 Å². The summed E-state index contributed by atoms with van der Waals surface area (Å²) in [5.74, 6) is -2.97. The summed E-state index contributed by atoms with van der Waals surface area (Å²) >= 11 is 0. The van der Waals surface area contributed by atoms with Crippen LogP contribution < -0.4 is 9.64 Å². The molecule has 1 atom stereocenters. The van der Waals surface area contributed by atoms with Crippen LogP contribution in [-0.4, -0.2) is 33.4 Å². The molecule has 3 aromatic carbocycles. The first-order valence-corrected chi connectivity index (χ1v) is 11.1. The van der Waals surface area contributed by atoms with Gasteiger partial charge in [-0.25, -0.2) is 4.39 Å². The van der Waals surface area contributed by atoms with Gasteiger partial charge in [-0.2, -0.15) is 0 Å². The van der Waals surface area contributed by atoms with Crippen molar-refractivity contribution in [1.82, 2.24) is 0 Å². The molecule has 182 valence electrons. The number of nitro benzene ring substituents is 1. The first-order valence-electron chi connectivity index (χ1n) is 11.1. The number of aliphatic hydroxyl groups is 1. The van der Waals surface area contributed by atoms with Crippen molar-refractivity contribution in [2.75, 3.05) is 11.5 Å². The number of carbonyl (C=O) groups is 2. The number of aryl methyl sites for hydroxylation is 1. The van der Waals surface area contributed by atoms with Gasteiger partial charge in [0.05, 0.1) is 23.1 Å². The zero-order valence-corrected chi connectivity index (χ0v) is 18.7. The minimum absolute atomic E-state index is 0.103. The van der Waals surface area contributed by atoms with Crippen LogP contribution in [0.25, 0.3) is 5.76 Å². The van der Waals surface area contributed by atoms with Gasteiger partial charge in [-0.05, 0) is 72.5 Å². The van der Waals surface area contributed by atoms with Gasteiger partial charge in [0.15, 0.2) is 5.75 Å². The van der Waals surface area contributed by atoms with Crippen LogP contribution in [0.3, 0.4) is 0 Å². The summed E-state index contributed by atoms with van der Waals surface area (Å²) in [4.78, 5) is 38.1. The van der Waals surface area contributed by atoms with E-state index in [9.17, 15) is 34.3 Å². The van der Waals surface area contributed by atoms with E-state index in [-0.39, 0.29) is 22.4 Å². The fraction of sp³-hybridized carbons (Fsp3) is 0.154. The van der Waals surface area contributed by atoms with Crippen LogP contribution in [0.4, 0.5) is 15.8 Å². The van der Waals surface area contributed by atoms with Crippen molar-refractivity contribution in [3.05, 3.63) is 98.9 Å². The number of fused-ring (bicyclic) bond motifs is 1. The van der Waals surface area contributed by atoms with Crippen molar-refractivity contribution in [2.24, 2.45) is 0 Å². The number of carbonyl (C=O) groups excluding carboxylic acids is 2. The van der Waals surface area contributed by atoms with E-state index < -0.39 is 45.7 Å². The summed E-state index contributed by atoms with van der Waals surface area (Å²) < 4.78 is 19.2. The molecule has 0 saturated carbocycles. The highest BCUT2D eigenvalue weighted by Crippen LogP contribution is 2.44. The fourth-order valence-corrected chi connectivity index (χ4v) is 4.54. The predicted molar refractivity (Wildman–Crippen MR) is 126 cm³/mol. The number of nitrogens with zero attached hydrogens (tertiary/aromatic N) is 2. The number of hydrogen-bond donors (Lipinski definition) is 2. The molecule has 0 aromatic heterocycles. The zero-order valence-electron chi connectivity index (χ0n) is 18.7. The minimum Gasteiger partial charge on any atom is -0.507 e. The van der Waals surface area contributed by atoms with Crippen LogP contribution in [-0.2, 0) is 16.0 Å². The summed E-state index contributed by atoms with van der Waals surface area (Å²) in [6, 6.07) is 11.9.